The van der Waals surface area contributed by atoms with Crippen molar-refractivity contribution in [3.63, 3.8) is 0 Å². The van der Waals surface area contributed by atoms with Crippen molar-refractivity contribution in [3.05, 3.63) is 0 Å². The number of carboxylic acid groups (broad SMARTS) is 1. The summed E-state index contributed by atoms with van der Waals surface area (Å²) >= 11 is 0. The number of hydrogen-bond acceptors (Lipinski definition) is 4. The molecule has 0 aromatic heterocycles. The van der Waals surface area contributed by atoms with Crippen molar-refractivity contribution >= 4 is 11.9 Å². The van der Waals surface area contributed by atoms with Gasteiger partial charge in [0.25, 0.3) is 0 Å². The molecule has 0 aliphatic carbocycles. The van der Waals surface area contributed by atoms with Crippen molar-refractivity contribution in [3.8, 4) is 0 Å². The zero-order valence-corrected chi connectivity index (χ0v) is 10.6. The second kappa shape index (κ2) is 8.95. The summed E-state index contributed by atoms with van der Waals surface area (Å²) < 4.78 is 10.1. The Morgan fingerprint density at radius 3 is 2.53 bits per heavy atom. The molecule has 0 aromatic carbocycles. The van der Waals surface area contributed by atoms with Crippen LogP contribution in [-0.2, 0) is 19.1 Å². The van der Waals surface area contributed by atoms with Gasteiger partial charge < -0.3 is 19.5 Å². The molecule has 0 aliphatic rings. The van der Waals surface area contributed by atoms with Crippen LogP contribution in [0, 0.1) is 0 Å². The van der Waals surface area contributed by atoms with E-state index in [0.29, 0.717) is 6.61 Å². The zero-order valence-electron chi connectivity index (χ0n) is 10.6. The van der Waals surface area contributed by atoms with Gasteiger partial charge in [0.2, 0.25) is 5.91 Å². The molecule has 6 nitrogen and oxygen atoms in total. The molecular weight excluding hydrogens is 226 g/mol. The molecule has 0 fully saturated rings. The lowest BCUT2D eigenvalue weighted by atomic mass is 10.3. The van der Waals surface area contributed by atoms with Crippen LogP contribution < -0.4 is 0 Å². The SMILES string of the molecule is CCC(C)OCC(=O)N(CCOC)CC(=O)O. The molecule has 0 aromatic rings. The minimum absolute atomic E-state index is 0.00643. The third kappa shape index (κ3) is 7.70. The summed E-state index contributed by atoms with van der Waals surface area (Å²) in [6, 6.07) is 0. The van der Waals surface area contributed by atoms with Crippen LogP contribution >= 0.6 is 0 Å². The Kier molecular flexibility index (Phi) is 8.35. The van der Waals surface area contributed by atoms with Crippen molar-refractivity contribution in [2.45, 2.75) is 26.4 Å². The van der Waals surface area contributed by atoms with Gasteiger partial charge in [0.15, 0.2) is 0 Å². The Balaban J connectivity index is 4.16. The fourth-order valence-electron chi connectivity index (χ4n) is 1.08. The highest BCUT2D eigenvalue weighted by atomic mass is 16.5. The number of hydrogen-bond donors (Lipinski definition) is 1. The van der Waals surface area contributed by atoms with E-state index >= 15 is 0 Å². The van der Waals surface area contributed by atoms with E-state index in [1.165, 1.54) is 12.0 Å². The summed E-state index contributed by atoms with van der Waals surface area (Å²) in [6.45, 7) is 3.96. The Morgan fingerprint density at radius 1 is 1.41 bits per heavy atom. The van der Waals surface area contributed by atoms with Crippen LogP contribution in [0.2, 0.25) is 0 Å². The Labute approximate surface area is 101 Å². The molecule has 0 heterocycles. The summed E-state index contributed by atoms with van der Waals surface area (Å²) in [5.74, 6) is -1.37. The summed E-state index contributed by atoms with van der Waals surface area (Å²) in [5, 5.41) is 8.68. The number of carbonyl (C=O) groups excluding carboxylic acids is 1. The van der Waals surface area contributed by atoms with Gasteiger partial charge in [0, 0.05) is 13.7 Å². The lowest BCUT2D eigenvalue weighted by molar-refractivity contribution is -0.147. The van der Waals surface area contributed by atoms with E-state index in [1.807, 2.05) is 13.8 Å². The van der Waals surface area contributed by atoms with Crippen LogP contribution in [-0.4, -0.2) is 61.4 Å². The molecule has 0 bridgehead atoms. The molecule has 0 spiro atoms. The largest absolute Gasteiger partial charge is 0.480 e. The number of rotatable bonds is 9. The van der Waals surface area contributed by atoms with E-state index in [0.717, 1.165) is 6.42 Å². The third-order valence-corrected chi connectivity index (χ3v) is 2.31. The van der Waals surface area contributed by atoms with E-state index < -0.39 is 5.97 Å². The zero-order chi connectivity index (χ0) is 13.3. The highest BCUT2D eigenvalue weighted by molar-refractivity contribution is 5.82. The average molecular weight is 247 g/mol. The van der Waals surface area contributed by atoms with Crippen molar-refractivity contribution in [2.75, 3.05) is 33.4 Å². The van der Waals surface area contributed by atoms with Gasteiger partial charge in [0.1, 0.15) is 13.2 Å². The first-order chi connectivity index (χ1) is 8.01. The fourth-order valence-corrected chi connectivity index (χ4v) is 1.08. The normalized spacial score (nSPS) is 12.2. The van der Waals surface area contributed by atoms with Crippen molar-refractivity contribution in [1.29, 1.82) is 0 Å². The molecule has 0 rings (SSSR count). The molecule has 17 heavy (non-hydrogen) atoms. The number of carboxylic acids is 1. The Hall–Kier alpha value is -1.14. The van der Waals surface area contributed by atoms with Gasteiger partial charge in [-0.1, -0.05) is 6.92 Å². The summed E-state index contributed by atoms with van der Waals surface area (Å²) in [7, 11) is 1.50. The maximum absolute atomic E-state index is 11.7. The highest BCUT2D eigenvalue weighted by Gasteiger charge is 2.17. The maximum atomic E-state index is 11.7. The van der Waals surface area contributed by atoms with Crippen LogP contribution in [0.3, 0.4) is 0 Å². The van der Waals surface area contributed by atoms with Crippen molar-refractivity contribution in [2.24, 2.45) is 0 Å². The van der Waals surface area contributed by atoms with Crippen LogP contribution in [0.1, 0.15) is 20.3 Å². The first-order valence-electron chi connectivity index (χ1n) is 5.61. The van der Waals surface area contributed by atoms with Crippen LogP contribution in [0.15, 0.2) is 0 Å². The fraction of sp³-hybridized carbons (Fsp3) is 0.818. The van der Waals surface area contributed by atoms with Crippen molar-refractivity contribution in [1.82, 2.24) is 4.90 Å². The maximum Gasteiger partial charge on any atom is 0.323 e. The molecule has 100 valence electrons. The molecule has 0 saturated carbocycles. The molecule has 1 N–H and O–H groups in total. The number of ether oxygens (including phenoxy) is 2. The van der Waals surface area contributed by atoms with Gasteiger partial charge in [-0.05, 0) is 13.3 Å². The van der Waals surface area contributed by atoms with Crippen molar-refractivity contribution < 1.29 is 24.2 Å². The van der Waals surface area contributed by atoms with Gasteiger partial charge in [-0.25, -0.2) is 0 Å². The molecule has 0 aliphatic heterocycles. The molecule has 6 heteroatoms. The Morgan fingerprint density at radius 2 is 2.06 bits per heavy atom. The summed E-state index contributed by atoms with van der Waals surface area (Å²) in [4.78, 5) is 23.5. The summed E-state index contributed by atoms with van der Waals surface area (Å²) in [5.41, 5.74) is 0. The number of nitrogens with zero attached hydrogens (tertiary/aromatic N) is 1. The molecule has 0 saturated heterocycles. The number of aliphatic carboxylic acids is 1. The molecule has 0 radical (unpaired) electrons. The standard InChI is InChI=1S/C11H21NO5/c1-4-9(2)17-8-10(13)12(5-6-16-3)7-11(14)15/h9H,4-8H2,1-3H3,(H,14,15). The van der Waals surface area contributed by atoms with Gasteiger partial charge >= 0.3 is 5.97 Å². The number of carbonyl (C=O) groups is 2. The lowest BCUT2D eigenvalue weighted by Crippen LogP contribution is -2.40. The van der Waals surface area contributed by atoms with Gasteiger partial charge in [-0.3, -0.25) is 9.59 Å². The number of amides is 1. The number of methoxy groups -OCH3 is 1. The first-order valence-corrected chi connectivity index (χ1v) is 5.61. The topological polar surface area (TPSA) is 76.1 Å². The van der Waals surface area contributed by atoms with E-state index in [-0.39, 0.29) is 31.7 Å². The van der Waals surface area contributed by atoms with E-state index in [1.54, 1.807) is 0 Å². The second-order valence-electron chi connectivity index (χ2n) is 3.73. The summed E-state index contributed by atoms with van der Waals surface area (Å²) in [6.07, 6.45) is 0.803. The smallest absolute Gasteiger partial charge is 0.323 e. The minimum Gasteiger partial charge on any atom is -0.480 e. The minimum atomic E-state index is -1.04. The van der Waals surface area contributed by atoms with E-state index in [9.17, 15) is 9.59 Å². The van der Waals surface area contributed by atoms with E-state index in [4.69, 9.17) is 14.6 Å². The van der Waals surface area contributed by atoms with Gasteiger partial charge in [0.05, 0.1) is 12.7 Å². The quantitative estimate of drug-likeness (QED) is 0.636. The molecular formula is C11H21NO5. The Bertz CT molecular complexity index is 244. The van der Waals surface area contributed by atoms with Crippen LogP contribution in [0.4, 0.5) is 0 Å². The molecule has 1 amide bonds. The predicted octanol–water partition coefficient (Wildman–Crippen LogP) is 0.361. The molecule has 1 atom stereocenters. The second-order valence-corrected chi connectivity index (χ2v) is 3.73. The molecule has 1 unspecified atom stereocenters. The van der Waals surface area contributed by atoms with Gasteiger partial charge in [-0.2, -0.15) is 0 Å². The lowest BCUT2D eigenvalue weighted by Gasteiger charge is -2.21. The highest BCUT2D eigenvalue weighted by Crippen LogP contribution is 1.98. The first kappa shape index (κ1) is 15.9. The van der Waals surface area contributed by atoms with Crippen LogP contribution in [0.5, 0.6) is 0 Å². The average Bonchev–Trinajstić information content (AvgIpc) is 2.30. The van der Waals surface area contributed by atoms with E-state index in [2.05, 4.69) is 0 Å². The van der Waals surface area contributed by atoms with Gasteiger partial charge in [-0.15, -0.1) is 0 Å². The predicted molar refractivity (Wildman–Crippen MR) is 61.8 cm³/mol. The third-order valence-electron chi connectivity index (χ3n) is 2.31. The monoisotopic (exact) mass is 247 g/mol. The van der Waals surface area contributed by atoms with Crippen LogP contribution in [0.25, 0.3) is 0 Å².